The van der Waals surface area contributed by atoms with Gasteiger partial charge in [-0.05, 0) is 39.3 Å². The van der Waals surface area contributed by atoms with Gasteiger partial charge >= 0.3 is 5.97 Å². The zero-order chi connectivity index (χ0) is 15.3. The molecule has 1 aromatic rings. The molecule has 0 atom stereocenters. The first-order chi connectivity index (χ1) is 10.0. The van der Waals surface area contributed by atoms with Crippen LogP contribution in [0.1, 0.15) is 44.7 Å². The van der Waals surface area contributed by atoms with E-state index >= 15 is 0 Å². The van der Waals surface area contributed by atoms with E-state index in [0.29, 0.717) is 13.0 Å². The zero-order valence-corrected chi connectivity index (χ0v) is 13.2. The van der Waals surface area contributed by atoms with Crippen molar-refractivity contribution in [3.8, 4) is 5.75 Å². The van der Waals surface area contributed by atoms with Gasteiger partial charge in [0.25, 0.3) is 0 Å². The van der Waals surface area contributed by atoms with E-state index in [2.05, 4.69) is 37.4 Å². The van der Waals surface area contributed by atoms with Crippen molar-refractivity contribution in [1.82, 2.24) is 5.32 Å². The average Bonchev–Trinajstić information content (AvgIpc) is 2.73. The van der Waals surface area contributed by atoms with Gasteiger partial charge in [0, 0.05) is 24.9 Å². The number of fused-ring (bicyclic) bond motifs is 1. The van der Waals surface area contributed by atoms with Crippen molar-refractivity contribution in [2.45, 2.75) is 52.2 Å². The van der Waals surface area contributed by atoms with Crippen LogP contribution in [0.15, 0.2) is 18.2 Å². The molecule has 0 saturated carbocycles. The highest BCUT2D eigenvalue weighted by molar-refractivity contribution is 5.69. The highest BCUT2D eigenvalue weighted by Crippen LogP contribution is 2.37. The summed E-state index contributed by atoms with van der Waals surface area (Å²) in [6.45, 7) is 8.07. The monoisotopic (exact) mass is 291 g/mol. The van der Waals surface area contributed by atoms with Gasteiger partial charge in [0.05, 0.1) is 6.61 Å². The topological polar surface area (TPSA) is 47.6 Å². The number of para-hydroxylation sites is 1. The molecule has 116 valence electrons. The van der Waals surface area contributed by atoms with E-state index in [1.807, 2.05) is 6.92 Å². The number of carbonyl (C=O) groups is 1. The Kier molecular flexibility index (Phi) is 5.23. The van der Waals surface area contributed by atoms with Gasteiger partial charge in [-0.25, -0.2) is 0 Å². The summed E-state index contributed by atoms with van der Waals surface area (Å²) in [5.41, 5.74) is 2.36. The Morgan fingerprint density at radius 3 is 3.00 bits per heavy atom. The van der Waals surface area contributed by atoms with Crippen molar-refractivity contribution in [1.29, 1.82) is 0 Å². The summed E-state index contributed by atoms with van der Waals surface area (Å²) in [4.78, 5) is 11.2. The van der Waals surface area contributed by atoms with Crippen LogP contribution in [0.3, 0.4) is 0 Å². The normalized spacial score (nSPS) is 15.4. The number of ether oxygens (including phenoxy) is 2. The highest BCUT2D eigenvalue weighted by Gasteiger charge is 2.31. The van der Waals surface area contributed by atoms with Crippen LogP contribution in [-0.2, 0) is 22.5 Å². The molecule has 1 aliphatic rings. The number of esters is 1. The Bertz CT molecular complexity index is 497. The summed E-state index contributed by atoms with van der Waals surface area (Å²) in [7, 11) is 0. The van der Waals surface area contributed by atoms with Gasteiger partial charge in [0.15, 0.2) is 0 Å². The summed E-state index contributed by atoms with van der Waals surface area (Å²) < 4.78 is 10.9. The Morgan fingerprint density at radius 1 is 1.43 bits per heavy atom. The van der Waals surface area contributed by atoms with Crippen LogP contribution < -0.4 is 10.1 Å². The largest absolute Gasteiger partial charge is 0.487 e. The van der Waals surface area contributed by atoms with Gasteiger partial charge in [-0.2, -0.15) is 0 Å². The SMILES string of the molecule is CCOC(=O)CCCNCc1cccc2c1OC(C)(C)C2. The first kappa shape index (κ1) is 15.8. The maximum absolute atomic E-state index is 11.2. The van der Waals surface area contributed by atoms with Gasteiger partial charge in [-0.1, -0.05) is 18.2 Å². The third-order valence-electron chi connectivity index (χ3n) is 3.53. The zero-order valence-electron chi connectivity index (χ0n) is 13.2. The maximum atomic E-state index is 11.2. The minimum absolute atomic E-state index is 0.109. The number of hydrogen-bond donors (Lipinski definition) is 1. The van der Waals surface area contributed by atoms with E-state index in [4.69, 9.17) is 9.47 Å². The molecule has 1 aromatic carbocycles. The van der Waals surface area contributed by atoms with Crippen LogP contribution in [0.25, 0.3) is 0 Å². The predicted octanol–water partition coefficient (Wildman–Crippen LogP) is 2.83. The molecule has 1 N–H and O–H groups in total. The molecule has 1 aliphatic heterocycles. The molecule has 4 nitrogen and oxygen atoms in total. The van der Waals surface area contributed by atoms with Crippen LogP contribution in [-0.4, -0.2) is 24.7 Å². The molecule has 2 rings (SSSR count). The van der Waals surface area contributed by atoms with Gasteiger partial charge in [0.2, 0.25) is 0 Å². The lowest BCUT2D eigenvalue weighted by molar-refractivity contribution is -0.143. The maximum Gasteiger partial charge on any atom is 0.305 e. The second kappa shape index (κ2) is 6.94. The lowest BCUT2D eigenvalue weighted by Crippen LogP contribution is -2.25. The van der Waals surface area contributed by atoms with Crippen LogP contribution in [0.5, 0.6) is 5.75 Å². The van der Waals surface area contributed by atoms with E-state index in [9.17, 15) is 4.79 Å². The Labute approximate surface area is 126 Å². The summed E-state index contributed by atoms with van der Waals surface area (Å²) in [6, 6.07) is 6.31. The first-order valence-corrected chi connectivity index (χ1v) is 7.68. The van der Waals surface area contributed by atoms with Gasteiger partial charge < -0.3 is 14.8 Å². The molecule has 0 fully saturated rings. The van der Waals surface area contributed by atoms with Crippen molar-refractivity contribution in [3.63, 3.8) is 0 Å². The Balaban J connectivity index is 1.78. The lowest BCUT2D eigenvalue weighted by Gasteiger charge is -2.18. The minimum atomic E-state index is -0.120. The van der Waals surface area contributed by atoms with Crippen molar-refractivity contribution in [2.24, 2.45) is 0 Å². The van der Waals surface area contributed by atoms with Crippen LogP contribution in [0.4, 0.5) is 0 Å². The lowest BCUT2D eigenvalue weighted by atomic mass is 10.0. The standard InChI is InChI=1S/C17H25NO3/c1-4-20-15(19)9-6-10-18-12-14-8-5-7-13-11-17(2,3)21-16(13)14/h5,7-8,18H,4,6,9-12H2,1-3H3. The minimum Gasteiger partial charge on any atom is -0.487 e. The van der Waals surface area contributed by atoms with Gasteiger partial charge in [-0.3, -0.25) is 4.79 Å². The molecule has 0 amide bonds. The molecule has 0 aliphatic carbocycles. The van der Waals surface area contributed by atoms with E-state index in [-0.39, 0.29) is 11.6 Å². The van der Waals surface area contributed by atoms with Gasteiger partial charge in [-0.15, -0.1) is 0 Å². The molecular weight excluding hydrogens is 266 g/mol. The number of benzene rings is 1. The van der Waals surface area contributed by atoms with Crippen LogP contribution in [0, 0.1) is 0 Å². The molecule has 0 saturated heterocycles. The number of nitrogens with one attached hydrogen (secondary N) is 1. The van der Waals surface area contributed by atoms with E-state index in [0.717, 1.165) is 31.7 Å². The molecule has 21 heavy (non-hydrogen) atoms. The second-order valence-corrected chi connectivity index (χ2v) is 6.03. The van der Waals surface area contributed by atoms with E-state index in [1.54, 1.807) is 0 Å². The number of hydrogen-bond acceptors (Lipinski definition) is 4. The summed E-state index contributed by atoms with van der Waals surface area (Å²) in [5.74, 6) is 0.908. The van der Waals surface area contributed by atoms with Crippen molar-refractivity contribution < 1.29 is 14.3 Å². The quantitative estimate of drug-likeness (QED) is 0.620. The molecule has 0 aromatic heterocycles. The summed E-state index contributed by atoms with van der Waals surface area (Å²) in [5, 5.41) is 3.37. The van der Waals surface area contributed by atoms with E-state index < -0.39 is 0 Å². The smallest absolute Gasteiger partial charge is 0.305 e. The fourth-order valence-corrected chi connectivity index (χ4v) is 2.63. The predicted molar refractivity (Wildman–Crippen MR) is 82.4 cm³/mol. The number of rotatable bonds is 7. The van der Waals surface area contributed by atoms with Crippen LogP contribution in [0.2, 0.25) is 0 Å². The Morgan fingerprint density at radius 2 is 2.24 bits per heavy atom. The van der Waals surface area contributed by atoms with E-state index in [1.165, 1.54) is 11.1 Å². The molecule has 0 spiro atoms. The molecule has 4 heteroatoms. The number of carbonyl (C=O) groups excluding carboxylic acids is 1. The summed E-state index contributed by atoms with van der Waals surface area (Å²) >= 11 is 0. The van der Waals surface area contributed by atoms with Gasteiger partial charge in [0.1, 0.15) is 11.4 Å². The third-order valence-corrected chi connectivity index (χ3v) is 3.53. The highest BCUT2D eigenvalue weighted by atomic mass is 16.5. The fraction of sp³-hybridized carbons (Fsp3) is 0.588. The average molecular weight is 291 g/mol. The Hall–Kier alpha value is -1.55. The fourth-order valence-electron chi connectivity index (χ4n) is 2.63. The van der Waals surface area contributed by atoms with Crippen LogP contribution >= 0.6 is 0 Å². The molecule has 0 bridgehead atoms. The molecule has 1 heterocycles. The third kappa shape index (κ3) is 4.46. The first-order valence-electron chi connectivity index (χ1n) is 7.68. The van der Waals surface area contributed by atoms with Crippen molar-refractivity contribution >= 4 is 5.97 Å². The van der Waals surface area contributed by atoms with Crippen molar-refractivity contribution in [2.75, 3.05) is 13.2 Å². The molecule has 0 unspecified atom stereocenters. The summed E-state index contributed by atoms with van der Waals surface area (Å²) in [6.07, 6.45) is 2.22. The van der Waals surface area contributed by atoms with Crippen molar-refractivity contribution in [3.05, 3.63) is 29.3 Å². The molecule has 0 radical (unpaired) electrons. The molecular formula is C17H25NO3. The second-order valence-electron chi connectivity index (χ2n) is 6.03.